The molecule has 0 saturated carbocycles. The molecule has 1 N–H and O–H groups in total. The molecule has 0 saturated heterocycles. The summed E-state index contributed by atoms with van der Waals surface area (Å²) in [7, 11) is -2.03. The van der Waals surface area contributed by atoms with Gasteiger partial charge in [0.15, 0.2) is 0 Å². The van der Waals surface area contributed by atoms with Crippen LogP contribution in [0.1, 0.15) is 0 Å². The molecule has 0 atom stereocenters. The van der Waals surface area contributed by atoms with E-state index in [0.717, 1.165) is 11.0 Å². The quantitative estimate of drug-likeness (QED) is 0.751. The molecule has 0 spiro atoms. The average molecular weight is 366 g/mol. The summed E-state index contributed by atoms with van der Waals surface area (Å²) >= 11 is 5.93. The molecule has 0 aliphatic heterocycles. The molecule has 0 unspecified atom stereocenters. The van der Waals surface area contributed by atoms with Crippen molar-refractivity contribution in [2.75, 3.05) is 6.54 Å². The summed E-state index contributed by atoms with van der Waals surface area (Å²) in [6, 6.07) is 13.6. The number of para-hydroxylation sites is 2. The van der Waals surface area contributed by atoms with E-state index in [2.05, 4.69) is 4.72 Å². The number of benzene rings is 2. The predicted molar refractivity (Wildman–Crippen MR) is 93.8 cm³/mol. The van der Waals surface area contributed by atoms with Gasteiger partial charge < -0.3 is 0 Å². The molecule has 3 rings (SSSR count). The lowest BCUT2D eigenvalue weighted by molar-refractivity contribution is 0.571. The van der Waals surface area contributed by atoms with Crippen molar-refractivity contribution < 1.29 is 8.42 Å². The van der Waals surface area contributed by atoms with Crippen LogP contribution in [0.5, 0.6) is 0 Å². The van der Waals surface area contributed by atoms with Crippen molar-refractivity contribution in [1.82, 2.24) is 13.9 Å². The molecule has 0 aliphatic carbocycles. The highest BCUT2D eigenvalue weighted by Crippen LogP contribution is 2.20. The third kappa shape index (κ3) is 2.98. The molecule has 0 amide bonds. The van der Waals surface area contributed by atoms with Crippen LogP contribution < -0.4 is 10.4 Å². The molecule has 0 fully saturated rings. The lowest BCUT2D eigenvalue weighted by Gasteiger charge is -2.08. The van der Waals surface area contributed by atoms with Crippen LogP contribution in [0.3, 0.4) is 0 Å². The van der Waals surface area contributed by atoms with Gasteiger partial charge in [-0.15, -0.1) is 0 Å². The summed E-state index contributed by atoms with van der Waals surface area (Å²) in [6.07, 6.45) is 0. The first-order valence-electron chi connectivity index (χ1n) is 7.30. The zero-order valence-electron chi connectivity index (χ0n) is 12.9. The van der Waals surface area contributed by atoms with Crippen LogP contribution >= 0.6 is 11.6 Å². The van der Waals surface area contributed by atoms with Gasteiger partial charge in [0.05, 0.1) is 16.1 Å². The van der Waals surface area contributed by atoms with Crippen LogP contribution in [0.15, 0.2) is 58.2 Å². The Morgan fingerprint density at radius 2 is 1.67 bits per heavy atom. The predicted octanol–water partition coefficient (Wildman–Crippen LogP) is 1.97. The number of hydrogen-bond acceptors (Lipinski definition) is 3. The third-order valence-corrected chi connectivity index (χ3v) is 5.77. The van der Waals surface area contributed by atoms with Gasteiger partial charge in [-0.3, -0.25) is 9.13 Å². The number of hydrogen-bond donors (Lipinski definition) is 1. The van der Waals surface area contributed by atoms with E-state index in [1.807, 2.05) is 24.3 Å². The van der Waals surface area contributed by atoms with E-state index in [-0.39, 0.29) is 28.7 Å². The van der Waals surface area contributed by atoms with E-state index >= 15 is 0 Å². The summed E-state index contributed by atoms with van der Waals surface area (Å²) in [4.78, 5) is 12.3. The number of nitrogens with zero attached hydrogens (tertiary/aromatic N) is 2. The molecule has 0 aliphatic rings. The second-order valence-corrected chi connectivity index (χ2v) is 7.45. The van der Waals surface area contributed by atoms with Gasteiger partial charge in [0.2, 0.25) is 10.0 Å². The van der Waals surface area contributed by atoms with Crippen molar-refractivity contribution >= 4 is 32.7 Å². The van der Waals surface area contributed by atoms with Gasteiger partial charge in [-0.05, 0) is 24.3 Å². The Kier molecular flexibility index (Phi) is 4.49. The first-order chi connectivity index (χ1) is 11.4. The third-order valence-electron chi connectivity index (χ3n) is 3.81. The van der Waals surface area contributed by atoms with Crippen LogP contribution in [0.2, 0.25) is 5.02 Å². The molecule has 126 valence electrons. The SMILES string of the molecule is Cn1c(=O)n(CCNS(=O)(=O)c2ccccc2Cl)c2ccccc21. The molecule has 0 bridgehead atoms. The fourth-order valence-electron chi connectivity index (χ4n) is 2.61. The Bertz CT molecular complexity index is 1050. The Labute approximate surface area is 144 Å². The number of aromatic nitrogens is 2. The number of aryl methyl sites for hydroxylation is 1. The normalized spacial score (nSPS) is 11.9. The van der Waals surface area contributed by atoms with E-state index in [1.54, 1.807) is 23.7 Å². The minimum atomic E-state index is -3.72. The number of sulfonamides is 1. The second kappa shape index (κ2) is 6.43. The maximum Gasteiger partial charge on any atom is 0.328 e. The molecular formula is C16H16ClN3O3S. The van der Waals surface area contributed by atoms with Crippen LogP contribution in [0.4, 0.5) is 0 Å². The van der Waals surface area contributed by atoms with Crippen LogP contribution in [-0.4, -0.2) is 24.1 Å². The molecule has 8 heteroatoms. The smallest absolute Gasteiger partial charge is 0.295 e. The summed E-state index contributed by atoms with van der Waals surface area (Å²) in [5.74, 6) is 0. The fourth-order valence-corrected chi connectivity index (χ4v) is 4.15. The van der Waals surface area contributed by atoms with Crippen molar-refractivity contribution in [3.63, 3.8) is 0 Å². The van der Waals surface area contributed by atoms with E-state index in [9.17, 15) is 13.2 Å². The standard InChI is InChI=1S/C16H16ClN3O3S/c1-19-13-7-3-4-8-14(13)20(16(19)21)11-10-18-24(22,23)15-9-5-2-6-12(15)17/h2-9,18H,10-11H2,1H3. The van der Waals surface area contributed by atoms with E-state index in [1.165, 1.54) is 16.7 Å². The highest BCUT2D eigenvalue weighted by Gasteiger charge is 2.17. The number of imidazole rings is 1. The van der Waals surface area contributed by atoms with Gasteiger partial charge in [0.1, 0.15) is 4.90 Å². The van der Waals surface area contributed by atoms with Gasteiger partial charge >= 0.3 is 5.69 Å². The number of nitrogens with one attached hydrogen (secondary N) is 1. The number of halogens is 1. The Balaban J connectivity index is 1.82. The maximum absolute atomic E-state index is 12.3. The number of fused-ring (bicyclic) bond motifs is 1. The Morgan fingerprint density at radius 1 is 1.04 bits per heavy atom. The summed E-state index contributed by atoms with van der Waals surface area (Å²) in [6.45, 7) is 0.311. The molecular weight excluding hydrogens is 350 g/mol. The molecule has 1 heterocycles. The summed E-state index contributed by atoms with van der Waals surface area (Å²) in [5, 5.41) is 0.160. The van der Waals surface area contributed by atoms with E-state index in [0.29, 0.717) is 0 Å². The first-order valence-corrected chi connectivity index (χ1v) is 9.16. The van der Waals surface area contributed by atoms with Crippen molar-refractivity contribution in [3.05, 3.63) is 64.0 Å². The highest BCUT2D eigenvalue weighted by molar-refractivity contribution is 7.89. The summed E-state index contributed by atoms with van der Waals surface area (Å²) < 4.78 is 30.2. The molecule has 3 aromatic rings. The minimum Gasteiger partial charge on any atom is -0.295 e. The minimum absolute atomic E-state index is 0.0249. The lowest BCUT2D eigenvalue weighted by Crippen LogP contribution is -2.31. The monoisotopic (exact) mass is 365 g/mol. The van der Waals surface area contributed by atoms with Gasteiger partial charge in [-0.1, -0.05) is 35.9 Å². The first kappa shape index (κ1) is 16.8. The molecule has 2 aromatic carbocycles. The van der Waals surface area contributed by atoms with Crippen LogP contribution in [-0.2, 0) is 23.6 Å². The maximum atomic E-state index is 12.3. The fraction of sp³-hybridized carbons (Fsp3) is 0.188. The van der Waals surface area contributed by atoms with Crippen molar-refractivity contribution in [2.24, 2.45) is 7.05 Å². The zero-order chi connectivity index (χ0) is 17.3. The largest absolute Gasteiger partial charge is 0.328 e. The molecule has 6 nitrogen and oxygen atoms in total. The molecule has 24 heavy (non-hydrogen) atoms. The van der Waals surface area contributed by atoms with Gasteiger partial charge in [0.25, 0.3) is 0 Å². The second-order valence-electron chi connectivity index (χ2n) is 5.31. The highest BCUT2D eigenvalue weighted by atomic mass is 35.5. The van der Waals surface area contributed by atoms with Crippen molar-refractivity contribution in [2.45, 2.75) is 11.4 Å². The Morgan fingerprint density at radius 3 is 2.38 bits per heavy atom. The average Bonchev–Trinajstić information content (AvgIpc) is 2.80. The topological polar surface area (TPSA) is 73.1 Å². The lowest BCUT2D eigenvalue weighted by atomic mass is 10.3. The zero-order valence-corrected chi connectivity index (χ0v) is 14.5. The van der Waals surface area contributed by atoms with E-state index < -0.39 is 10.0 Å². The number of rotatable bonds is 5. The van der Waals surface area contributed by atoms with Crippen LogP contribution in [0, 0.1) is 0 Å². The molecule has 1 aromatic heterocycles. The van der Waals surface area contributed by atoms with Gasteiger partial charge in [-0.25, -0.2) is 17.9 Å². The van der Waals surface area contributed by atoms with Gasteiger partial charge in [0, 0.05) is 20.1 Å². The molecule has 0 radical (unpaired) electrons. The van der Waals surface area contributed by atoms with Crippen molar-refractivity contribution in [3.8, 4) is 0 Å². The van der Waals surface area contributed by atoms with Crippen LogP contribution in [0.25, 0.3) is 11.0 Å². The van der Waals surface area contributed by atoms with Crippen molar-refractivity contribution in [1.29, 1.82) is 0 Å². The van der Waals surface area contributed by atoms with E-state index in [4.69, 9.17) is 11.6 Å². The van der Waals surface area contributed by atoms with Gasteiger partial charge in [-0.2, -0.15) is 0 Å². The Hall–Kier alpha value is -2.09. The summed E-state index contributed by atoms with van der Waals surface area (Å²) in [5.41, 5.74) is 1.38.